The highest BCUT2D eigenvalue weighted by molar-refractivity contribution is 5.91. The number of rotatable bonds is 6. The molecule has 0 radical (unpaired) electrons. The first-order valence-electron chi connectivity index (χ1n) is 8.59. The molecule has 0 bridgehead atoms. The Hall–Kier alpha value is -4.01. The van der Waals surface area contributed by atoms with Crippen LogP contribution in [0.1, 0.15) is 10.5 Å². The van der Waals surface area contributed by atoms with Gasteiger partial charge in [-0.2, -0.15) is 15.0 Å². The Balaban J connectivity index is 1.39. The summed E-state index contributed by atoms with van der Waals surface area (Å²) in [7, 11) is 0. The minimum Gasteiger partial charge on any atom is -0.463 e. The fraction of sp³-hybridized carbons (Fsp3) is 0.105. The number of nitrogens with zero attached hydrogens (tertiary/aromatic N) is 5. The van der Waals surface area contributed by atoms with Crippen molar-refractivity contribution in [2.45, 2.75) is 6.54 Å². The second-order valence-corrected chi connectivity index (χ2v) is 5.87. The fourth-order valence-electron chi connectivity index (χ4n) is 2.58. The van der Waals surface area contributed by atoms with Gasteiger partial charge < -0.3 is 9.73 Å². The summed E-state index contributed by atoms with van der Waals surface area (Å²) in [5, 5.41) is 15.2. The highest BCUT2D eigenvalue weighted by atomic mass is 16.3. The van der Waals surface area contributed by atoms with Crippen LogP contribution >= 0.6 is 0 Å². The molecule has 3 heterocycles. The molecule has 0 aliphatic carbocycles. The molecule has 0 fully saturated rings. The predicted octanol–water partition coefficient (Wildman–Crippen LogP) is 1.51. The van der Waals surface area contributed by atoms with E-state index in [4.69, 9.17) is 4.42 Å². The Morgan fingerprint density at radius 1 is 1.04 bits per heavy atom. The van der Waals surface area contributed by atoms with E-state index in [0.29, 0.717) is 11.5 Å². The van der Waals surface area contributed by atoms with Crippen LogP contribution in [0, 0.1) is 0 Å². The number of nitrogens with one attached hydrogen (secondary N) is 1. The zero-order valence-electron chi connectivity index (χ0n) is 14.7. The van der Waals surface area contributed by atoms with Gasteiger partial charge in [-0.1, -0.05) is 18.2 Å². The quantitative estimate of drug-likeness (QED) is 0.547. The van der Waals surface area contributed by atoms with Crippen LogP contribution in [-0.4, -0.2) is 37.2 Å². The van der Waals surface area contributed by atoms with Gasteiger partial charge in [-0.3, -0.25) is 9.59 Å². The van der Waals surface area contributed by atoms with Crippen LogP contribution in [0.2, 0.25) is 0 Å². The number of para-hydroxylation sites is 1. The number of amides is 1. The van der Waals surface area contributed by atoms with Gasteiger partial charge in [0, 0.05) is 12.6 Å². The van der Waals surface area contributed by atoms with Crippen molar-refractivity contribution in [1.82, 2.24) is 30.1 Å². The molecule has 1 N–H and O–H groups in total. The minimum absolute atomic E-state index is 0.188. The highest BCUT2D eigenvalue weighted by Crippen LogP contribution is 2.14. The van der Waals surface area contributed by atoms with Crippen molar-refractivity contribution in [3.63, 3.8) is 0 Å². The second kappa shape index (κ2) is 7.70. The van der Waals surface area contributed by atoms with Gasteiger partial charge in [-0.15, -0.1) is 5.10 Å². The summed E-state index contributed by atoms with van der Waals surface area (Å²) in [6.45, 7) is 0.428. The second-order valence-electron chi connectivity index (χ2n) is 5.87. The normalized spacial score (nSPS) is 10.7. The molecule has 0 saturated heterocycles. The number of hydrogen-bond acceptors (Lipinski definition) is 6. The van der Waals surface area contributed by atoms with Gasteiger partial charge in [-0.05, 0) is 30.3 Å². The molecule has 9 nitrogen and oxygen atoms in total. The molecule has 9 heteroatoms. The Morgan fingerprint density at radius 2 is 1.89 bits per heavy atom. The minimum atomic E-state index is -0.377. The number of benzene rings is 1. The summed E-state index contributed by atoms with van der Waals surface area (Å²) in [4.78, 5) is 25.6. The first kappa shape index (κ1) is 17.4. The molecule has 3 aromatic heterocycles. The molecule has 4 aromatic rings. The van der Waals surface area contributed by atoms with Gasteiger partial charge in [0.2, 0.25) is 0 Å². The summed E-state index contributed by atoms with van der Waals surface area (Å²) < 4.78 is 6.57. The third kappa shape index (κ3) is 3.73. The molecule has 4 rings (SSSR count). The molecule has 0 saturated carbocycles. The van der Waals surface area contributed by atoms with Crippen LogP contribution in [0.15, 0.2) is 76.3 Å². The Bertz CT molecular complexity index is 1130. The SMILES string of the molecule is O=C(NCCn1nc(-c2ccco2)ccc1=O)c1cnn(-c2ccccc2)n1. The zero-order valence-corrected chi connectivity index (χ0v) is 14.7. The summed E-state index contributed by atoms with van der Waals surface area (Å²) in [6.07, 6.45) is 2.93. The monoisotopic (exact) mass is 376 g/mol. The van der Waals surface area contributed by atoms with Crippen molar-refractivity contribution >= 4 is 5.91 Å². The lowest BCUT2D eigenvalue weighted by Gasteiger charge is -2.06. The van der Waals surface area contributed by atoms with E-state index in [2.05, 4.69) is 20.6 Å². The number of aromatic nitrogens is 5. The number of hydrogen-bond donors (Lipinski definition) is 1. The van der Waals surface area contributed by atoms with Crippen LogP contribution in [0.25, 0.3) is 17.1 Å². The summed E-state index contributed by atoms with van der Waals surface area (Å²) in [5.74, 6) is 0.188. The van der Waals surface area contributed by atoms with Gasteiger partial charge >= 0.3 is 0 Å². The van der Waals surface area contributed by atoms with E-state index >= 15 is 0 Å². The van der Waals surface area contributed by atoms with Crippen molar-refractivity contribution in [3.05, 3.63) is 83.1 Å². The average molecular weight is 376 g/mol. The van der Waals surface area contributed by atoms with Gasteiger partial charge in [0.1, 0.15) is 5.69 Å². The Labute approximate surface area is 159 Å². The van der Waals surface area contributed by atoms with Crippen molar-refractivity contribution in [3.8, 4) is 17.1 Å². The average Bonchev–Trinajstić information content (AvgIpc) is 3.42. The topological polar surface area (TPSA) is 108 Å². The molecule has 0 atom stereocenters. The third-order valence-corrected chi connectivity index (χ3v) is 3.96. The van der Waals surface area contributed by atoms with Crippen LogP contribution in [0.4, 0.5) is 0 Å². The fourth-order valence-corrected chi connectivity index (χ4v) is 2.58. The summed E-state index contributed by atoms with van der Waals surface area (Å²) >= 11 is 0. The number of carbonyl (C=O) groups is 1. The van der Waals surface area contributed by atoms with Crippen LogP contribution in [0.5, 0.6) is 0 Å². The third-order valence-electron chi connectivity index (χ3n) is 3.96. The Morgan fingerprint density at radius 3 is 2.68 bits per heavy atom. The molecule has 1 aromatic carbocycles. The lowest BCUT2D eigenvalue weighted by atomic mass is 10.3. The molecule has 140 valence electrons. The van der Waals surface area contributed by atoms with Crippen LogP contribution in [-0.2, 0) is 6.54 Å². The lowest BCUT2D eigenvalue weighted by molar-refractivity contribution is 0.0946. The van der Waals surface area contributed by atoms with Gasteiger partial charge in [-0.25, -0.2) is 4.68 Å². The van der Waals surface area contributed by atoms with Crippen molar-refractivity contribution < 1.29 is 9.21 Å². The van der Waals surface area contributed by atoms with E-state index in [-0.39, 0.29) is 30.2 Å². The largest absolute Gasteiger partial charge is 0.463 e. The molecular formula is C19H16N6O3. The summed E-state index contributed by atoms with van der Waals surface area (Å²) in [6, 6.07) is 15.8. The first-order chi connectivity index (χ1) is 13.7. The van der Waals surface area contributed by atoms with E-state index < -0.39 is 0 Å². The molecule has 1 amide bonds. The maximum atomic E-state index is 12.3. The maximum Gasteiger partial charge on any atom is 0.273 e. The van der Waals surface area contributed by atoms with E-state index in [1.165, 1.54) is 28.0 Å². The Kier molecular flexibility index (Phi) is 4.79. The summed E-state index contributed by atoms with van der Waals surface area (Å²) in [5.41, 5.74) is 1.22. The number of carbonyl (C=O) groups excluding carboxylic acids is 1. The molecule has 0 aliphatic rings. The van der Waals surface area contributed by atoms with Crippen molar-refractivity contribution in [2.24, 2.45) is 0 Å². The molecule has 0 aliphatic heterocycles. The lowest BCUT2D eigenvalue weighted by Crippen LogP contribution is -2.32. The zero-order chi connectivity index (χ0) is 19.3. The smallest absolute Gasteiger partial charge is 0.273 e. The number of furan rings is 1. The van der Waals surface area contributed by atoms with Crippen molar-refractivity contribution in [2.75, 3.05) is 6.54 Å². The molecule has 0 spiro atoms. The molecular weight excluding hydrogens is 360 g/mol. The van der Waals surface area contributed by atoms with Crippen LogP contribution < -0.4 is 10.9 Å². The van der Waals surface area contributed by atoms with E-state index in [1.54, 1.807) is 18.2 Å². The van der Waals surface area contributed by atoms with E-state index in [0.717, 1.165) is 5.69 Å². The highest BCUT2D eigenvalue weighted by Gasteiger charge is 2.11. The standard InChI is InChI=1S/C19H16N6O3/c26-18-9-8-15(17-7-4-12-28-17)22-24(18)11-10-20-19(27)16-13-21-25(23-16)14-5-2-1-3-6-14/h1-9,12-13H,10-11H2,(H,20,27). The van der Waals surface area contributed by atoms with Crippen molar-refractivity contribution in [1.29, 1.82) is 0 Å². The van der Waals surface area contributed by atoms with Gasteiger partial charge in [0.25, 0.3) is 11.5 Å². The maximum absolute atomic E-state index is 12.3. The van der Waals surface area contributed by atoms with Gasteiger partial charge in [0.05, 0.1) is 24.7 Å². The first-order valence-corrected chi connectivity index (χ1v) is 8.59. The van der Waals surface area contributed by atoms with Gasteiger partial charge in [0.15, 0.2) is 11.5 Å². The van der Waals surface area contributed by atoms with E-state index in [1.807, 2.05) is 30.3 Å². The predicted molar refractivity (Wildman–Crippen MR) is 99.9 cm³/mol. The van der Waals surface area contributed by atoms with E-state index in [9.17, 15) is 9.59 Å². The van der Waals surface area contributed by atoms with Crippen LogP contribution in [0.3, 0.4) is 0 Å². The molecule has 0 unspecified atom stereocenters. The molecule has 28 heavy (non-hydrogen) atoms.